The first-order chi connectivity index (χ1) is 12.0. The molecule has 1 aliphatic carbocycles. The van der Waals surface area contributed by atoms with E-state index in [1.165, 1.54) is 0 Å². The van der Waals surface area contributed by atoms with E-state index in [-0.39, 0.29) is 24.0 Å². The van der Waals surface area contributed by atoms with Gasteiger partial charge in [0.1, 0.15) is 0 Å². The highest BCUT2D eigenvalue weighted by Gasteiger charge is 2.36. The van der Waals surface area contributed by atoms with Crippen molar-refractivity contribution >= 4 is 5.91 Å². The molecule has 25 heavy (non-hydrogen) atoms. The molecule has 2 aromatic rings. The standard InChI is InChI=1S/C18H25N5O2/c1-22(10-13-3-5-19-6-4-13)12-17(25)21-18(14-7-16(24)8-14)15-9-20-23(2)11-15/h3-6,9,11,14,16,18,24H,7-8,10,12H2,1-2H3,(H,21,25)/t14?,16?,18-/m0/s1. The summed E-state index contributed by atoms with van der Waals surface area (Å²) < 4.78 is 1.74. The fourth-order valence-electron chi connectivity index (χ4n) is 3.30. The number of carbonyl (C=O) groups excluding carboxylic acids is 1. The average Bonchev–Trinajstić information content (AvgIpc) is 2.97. The smallest absolute Gasteiger partial charge is 0.234 e. The number of nitrogens with one attached hydrogen (secondary N) is 1. The van der Waals surface area contributed by atoms with Crippen molar-refractivity contribution in [2.45, 2.75) is 31.5 Å². The van der Waals surface area contributed by atoms with Gasteiger partial charge in [0.15, 0.2) is 0 Å². The fourth-order valence-corrected chi connectivity index (χ4v) is 3.30. The van der Waals surface area contributed by atoms with E-state index >= 15 is 0 Å². The number of rotatable bonds is 7. The van der Waals surface area contributed by atoms with Crippen LogP contribution in [0.4, 0.5) is 0 Å². The molecular formula is C18H25N5O2. The van der Waals surface area contributed by atoms with Crippen molar-refractivity contribution in [3.8, 4) is 0 Å². The predicted octanol–water partition coefficient (Wildman–Crippen LogP) is 0.875. The molecule has 0 aliphatic heterocycles. The number of amides is 1. The van der Waals surface area contributed by atoms with Gasteiger partial charge in [-0.05, 0) is 43.5 Å². The number of hydrogen-bond acceptors (Lipinski definition) is 5. The Hall–Kier alpha value is -2.25. The van der Waals surface area contributed by atoms with E-state index in [2.05, 4.69) is 15.4 Å². The summed E-state index contributed by atoms with van der Waals surface area (Å²) in [7, 11) is 3.78. The topological polar surface area (TPSA) is 83.3 Å². The van der Waals surface area contributed by atoms with Gasteiger partial charge in [-0.25, -0.2) is 0 Å². The van der Waals surface area contributed by atoms with Crippen LogP contribution in [0.1, 0.15) is 30.0 Å². The molecule has 0 unspecified atom stereocenters. The number of aromatic nitrogens is 3. The zero-order valence-corrected chi connectivity index (χ0v) is 14.7. The normalized spacial score (nSPS) is 21.0. The van der Waals surface area contributed by atoms with E-state index in [1.54, 1.807) is 23.3 Å². The summed E-state index contributed by atoms with van der Waals surface area (Å²) in [6, 6.07) is 3.80. The van der Waals surface area contributed by atoms with E-state index in [4.69, 9.17) is 0 Å². The molecule has 2 N–H and O–H groups in total. The Morgan fingerprint density at radius 3 is 2.76 bits per heavy atom. The Kier molecular flexibility index (Phi) is 5.45. The Bertz CT molecular complexity index is 697. The first-order valence-electron chi connectivity index (χ1n) is 8.54. The summed E-state index contributed by atoms with van der Waals surface area (Å²) >= 11 is 0. The van der Waals surface area contributed by atoms with E-state index in [0.29, 0.717) is 25.9 Å². The SMILES string of the molecule is CN(CC(=O)N[C@H](c1cnn(C)c1)C1CC(O)C1)Cc1ccncc1. The van der Waals surface area contributed by atoms with Gasteiger partial charge in [-0.2, -0.15) is 5.10 Å². The molecule has 7 nitrogen and oxygen atoms in total. The van der Waals surface area contributed by atoms with E-state index in [9.17, 15) is 9.90 Å². The van der Waals surface area contributed by atoms with Gasteiger partial charge in [0, 0.05) is 37.7 Å². The summed E-state index contributed by atoms with van der Waals surface area (Å²) in [6.45, 7) is 1.00. The minimum absolute atomic E-state index is 0.0215. The molecule has 0 aromatic carbocycles. The summed E-state index contributed by atoms with van der Waals surface area (Å²) in [5.74, 6) is 0.237. The monoisotopic (exact) mass is 343 g/mol. The molecule has 7 heteroatoms. The van der Waals surface area contributed by atoms with E-state index in [1.807, 2.05) is 37.3 Å². The van der Waals surface area contributed by atoms with Crippen LogP contribution in [0.3, 0.4) is 0 Å². The van der Waals surface area contributed by atoms with Crippen LogP contribution in [0.25, 0.3) is 0 Å². The number of pyridine rings is 1. The molecule has 134 valence electrons. The summed E-state index contributed by atoms with van der Waals surface area (Å²) in [4.78, 5) is 18.5. The lowest BCUT2D eigenvalue weighted by atomic mass is 9.75. The van der Waals surface area contributed by atoms with Crippen LogP contribution in [0.15, 0.2) is 36.9 Å². The van der Waals surface area contributed by atoms with Crippen molar-refractivity contribution in [1.82, 2.24) is 25.0 Å². The van der Waals surface area contributed by atoms with Crippen LogP contribution in [0.2, 0.25) is 0 Å². The number of aliphatic hydroxyl groups is 1. The Morgan fingerprint density at radius 1 is 1.44 bits per heavy atom. The van der Waals surface area contributed by atoms with Crippen molar-refractivity contribution in [3.63, 3.8) is 0 Å². The van der Waals surface area contributed by atoms with Gasteiger partial charge < -0.3 is 10.4 Å². The van der Waals surface area contributed by atoms with Crippen molar-refractivity contribution in [1.29, 1.82) is 0 Å². The Morgan fingerprint density at radius 2 is 2.16 bits per heavy atom. The zero-order chi connectivity index (χ0) is 17.8. The lowest BCUT2D eigenvalue weighted by Gasteiger charge is -2.37. The first-order valence-corrected chi connectivity index (χ1v) is 8.54. The third-order valence-electron chi connectivity index (χ3n) is 4.64. The number of hydrogen-bond donors (Lipinski definition) is 2. The number of carbonyl (C=O) groups is 1. The predicted molar refractivity (Wildman–Crippen MR) is 93.4 cm³/mol. The number of likely N-dealkylation sites (N-methyl/N-ethyl adjacent to an activating group) is 1. The maximum Gasteiger partial charge on any atom is 0.234 e. The van der Waals surface area contributed by atoms with Crippen LogP contribution in [-0.2, 0) is 18.4 Å². The third kappa shape index (κ3) is 4.64. The molecule has 0 saturated heterocycles. The largest absolute Gasteiger partial charge is 0.393 e. The third-order valence-corrected chi connectivity index (χ3v) is 4.64. The lowest BCUT2D eigenvalue weighted by molar-refractivity contribution is -0.124. The van der Waals surface area contributed by atoms with E-state index in [0.717, 1.165) is 11.1 Å². The number of aliphatic hydroxyl groups excluding tert-OH is 1. The molecule has 2 heterocycles. The Balaban J connectivity index is 1.58. The molecule has 1 amide bonds. The second-order valence-electron chi connectivity index (χ2n) is 6.91. The number of aryl methyl sites for hydroxylation is 1. The van der Waals surface area contributed by atoms with Crippen molar-refractivity contribution in [2.75, 3.05) is 13.6 Å². The molecule has 1 fully saturated rings. The van der Waals surface area contributed by atoms with Gasteiger partial charge >= 0.3 is 0 Å². The van der Waals surface area contributed by atoms with E-state index < -0.39 is 0 Å². The molecule has 1 atom stereocenters. The molecule has 0 bridgehead atoms. The lowest BCUT2D eigenvalue weighted by Crippen LogP contribution is -2.44. The molecule has 0 spiro atoms. The average molecular weight is 343 g/mol. The second kappa shape index (κ2) is 7.76. The first kappa shape index (κ1) is 17.6. The Labute approximate surface area is 147 Å². The summed E-state index contributed by atoms with van der Waals surface area (Å²) in [5.41, 5.74) is 2.11. The maximum absolute atomic E-state index is 12.5. The molecule has 1 saturated carbocycles. The van der Waals surface area contributed by atoms with Crippen LogP contribution in [0, 0.1) is 5.92 Å². The van der Waals surface area contributed by atoms with Crippen LogP contribution < -0.4 is 5.32 Å². The minimum atomic E-state index is -0.254. The van der Waals surface area contributed by atoms with Crippen LogP contribution in [-0.4, -0.2) is 50.4 Å². The molecule has 0 radical (unpaired) electrons. The summed E-state index contributed by atoms with van der Waals surface area (Å²) in [6.07, 6.45) is 8.40. The minimum Gasteiger partial charge on any atom is -0.393 e. The van der Waals surface area contributed by atoms with Gasteiger partial charge in [0.2, 0.25) is 5.91 Å². The van der Waals surface area contributed by atoms with Crippen LogP contribution in [0.5, 0.6) is 0 Å². The van der Waals surface area contributed by atoms with Gasteiger partial charge in [0.05, 0.1) is 24.9 Å². The number of nitrogens with zero attached hydrogens (tertiary/aromatic N) is 4. The molecule has 1 aliphatic rings. The molecule has 2 aromatic heterocycles. The van der Waals surface area contributed by atoms with Gasteiger partial charge in [-0.3, -0.25) is 19.4 Å². The van der Waals surface area contributed by atoms with Gasteiger partial charge in [-0.1, -0.05) is 0 Å². The van der Waals surface area contributed by atoms with Gasteiger partial charge in [0.25, 0.3) is 0 Å². The maximum atomic E-state index is 12.5. The molecular weight excluding hydrogens is 318 g/mol. The highest BCUT2D eigenvalue weighted by atomic mass is 16.3. The van der Waals surface area contributed by atoms with Crippen molar-refractivity contribution < 1.29 is 9.90 Å². The second-order valence-corrected chi connectivity index (χ2v) is 6.91. The molecule has 3 rings (SSSR count). The van der Waals surface area contributed by atoms with Crippen molar-refractivity contribution in [2.24, 2.45) is 13.0 Å². The highest BCUT2D eigenvalue weighted by Crippen LogP contribution is 2.37. The van der Waals surface area contributed by atoms with Gasteiger partial charge in [-0.15, -0.1) is 0 Å². The summed E-state index contributed by atoms with van der Waals surface area (Å²) in [5, 5.41) is 17.0. The quantitative estimate of drug-likeness (QED) is 0.780. The van der Waals surface area contributed by atoms with Crippen LogP contribution >= 0.6 is 0 Å². The van der Waals surface area contributed by atoms with Crippen molar-refractivity contribution in [3.05, 3.63) is 48.0 Å². The fraction of sp³-hybridized carbons (Fsp3) is 0.500. The zero-order valence-electron chi connectivity index (χ0n) is 14.7. The highest BCUT2D eigenvalue weighted by molar-refractivity contribution is 5.78.